The van der Waals surface area contributed by atoms with Crippen molar-refractivity contribution in [3.63, 3.8) is 0 Å². The molecule has 1 aromatic rings. The van der Waals surface area contributed by atoms with Crippen LogP contribution >= 0.6 is 0 Å². The normalized spacial score (nSPS) is 13.7. The molecule has 1 rings (SSSR count). The number of hydrogen-bond donors (Lipinski definition) is 1. The predicted octanol–water partition coefficient (Wildman–Crippen LogP) is 3.75. The minimum atomic E-state index is -0.734. The number of benzene rings is 1. The van der Waals surface area contributed by atoms with E-state index in [1.165, 1.54) is 19.2 Å². The lowest BCUT2D eigenvalue weighted by Gasteiger charge is -2.32. The number of halogens is 1. The molecule has 1 N–H and O–H groups in total. The van der Waals surface area contributed by atoms with Crippen LogP contribution in [0.1, 0.15) is 39.5 Å². The van der Waals surface area contributed by atoms with Gasteiger partial charge in [0.2, 0.25) is 0 Å². The number of nitrogens with one attached hydrogen (secondary N) is 1. The van der Waals surface area contributed by atoms with Crippen LogP contribution in [0, 0.1) is 5.82 Å². The molecule has 0 aliphatic heterocycles. The van der Waals surface area contributed by atoms with E-state index in [2.05, 4.69) is 12.2 Å². The highest BCUT2D eigenvalue weighted by Gasteiger charge is 2.37. The number of rotatable bonds is 7. The number of carbonyl (C=O) groups excluding carboxylic acids is 1. The minimum Gasteiger partial charge on any atom is -0.467 e. The van der Waals surface area contributed by atoms with Crippen LogP contribution in [0.4, 0.5) is 10.1 Å². The summed E-state index contributed by atoms with van der Waals surface area (Å²) >= 11 is 0. The molecule has 0 bridgehead atoms. The van der Waals surface area contributed by atoms with Crippen LogP contribution in [-0.4, -0.2) is 18.6 Å². The number of anilines is 1. The van der Waals surface area contributed by atoms with Gasteiger partial charge in [-0.3, -0.25) is 0 Å². The van der Waals surface area contributed by atoms with Gasteiger partial charge in [-0.15, -0.1) is 0 Å². The highest BCUT2D eigenvalue weighted by molar-refractivity contribution is 5.84. The maximum Gasteiger partial charge on any atom is 0.331 e. The molecule has 19 heavy (non-hydrogen) atoms. The van der Waals surface area contributed by atoms with Crippen LogP contribution < -0.4 is 5.32 Å². The second kappa shape index (κ2) is 7.12. The van der Waals surface area contributed by atoms with Crippen molar-refractivity contribution < 1.29 is 13.9 Å². The van der Waals surface area contributed by atoms with Crippen molar-refractivity contribution in [3.05, 3.63) is 30.1 Å². The molecule has 0 spiro atoms. The first-order valence-corrected chi connectivity index (χ1v) is 6.70. The second-order valence-electron chi connectivity index (χ2n) is 4.66. The van der Waals surface area contributed by atoms with Gasteiger partial charge in [-0.1, -0.05) is 26.7 Å². The molecule has 0 aromatic heterocycles. The molecule has 3 nitrogen and oxygen atoms in total. The van der Waals surface area contributed by atoms with Crippen LogP contribution in [0.2, 0.25) is 0 Å². The summed E-state index contributed by atoms with van der Waals surface area (Å²) in [6.45, 7) is 4.03. The van der Waals surface area contributed by atoms with E-state index in [1.54, 1.807) is 12.1 Å². The zero-order chi connectivity index (χ0) is 14.3. The second-order valence-corrected chi connectivity index (χ2v) is 4.66. The maximum atomic E-state index is 12.9. The van der Waals surface area contributed by atoms with Gasteiger partial charge in [-0.25, -0.2) is 9.18 Å². The van der Waals surface area contributed by atoms with E-state index < -0.39 is 5.54 Å². The van der Waals surface area contributed by atoms with Gasteiger partial charge >= 0.3 is 5.97 Å². The zero-order valence-corrected chi connectivity index (χ0v) is 11.8. The Bertz CT molecular complexity index is 405. The highest BCUT2D eigenvalue weighted by Crippen LogP contribution is 2.26. The average Bonchev–Trinajstić information content (AvgIpc) is 2.45. The summed E-state index contributed by atoms with van der Waals surface area (Å²) in [5.74, 6) is -0.563. The van der Waals surface area contributed by atoms with Crippen molar-refractivity contribution in [3.8, 4) is 0 Å². The van der Waals surface area contributed by atoms with Crippen LogP contribution in [-0.2, 0) is 9.53 Å². The summed E-state index contributed by atoms with van der Waals surface area (Å²) < 4.78 is 17.8. The van der Waals surface area contributed by atoms with Gasteiger partial charge < -0.3 is 10.1 Å². The first-order valence-electron chi connectivity index (χ1n) is 6.70. The number of methoxy groups -OCH3 is 1. The quantitative estimate of drug-likeness (QED) is 0.765. The van der Waals surface area contributed by atoms with Crippen molar-refractivity contribution in [1.29, 1.82) is 0 Å². The molecule has 0 aliphatic rings. The first kappa shape index (κ1) is 15.5. The Balaban J connectivity index is 2.94. The lowest BCUT2D eigenvalue weighted by Crippen LogP contribution is -2.46. The van der Waals surface area contributed by atoms with Gasteiger partial charge in [0.15, 0.2) is 0 Å². The largest absolute Gasteiger partial charge is 0.467 e. The number of carbonyl (C=O) groups is 1. The monoisotopic (exact) mass is 267 g/mol. The van der Waals surface area contributed by atoms with E-state index in [1.807, 2.05) is 6.92 Å². The van der Waals surface area contributed by atoms with Gasteiger partial charge in [-0.05, 0) is 37.1 Å². The van der Waals surface area contributed by atoms with E-state index in [4.69, 9.17) is 4.74 Å². The standard InChI is InChI=1S/C15H22FNO2/c1-4-6-11-15(5-2,14(18)19-3)17-13-9-7-12(16)8-10-13/h7-10,17H,4-6,11H2,1-3H3. The Morgan fingerprint density at radius 1 is 1.32 bits per heavy atom. The fourth-order valence-corrected chi connectivity index (χ4v) is 2.11. The average molecular weight is 267 g/mol. The van der Waals surface area contributed by atoms with Gasteiger partial charge in [0, 0.05) is 5.69 Å². The highest BCUT2D eigenvalue weighted by atomic mass is 19.1. The molecule has 0 fully saturated rings. The summed E-state index contributed by atoms with van der Waals surface area (Å²) in [4.78, 5) is 12.1. The first-order chi connectivity index (χ1) is 9.07. The Morgan fingerprint density at radius 2 is 1.95 bits per heavy atom. The molecule has 0 amide bonds. The molecule has 1 unspecified atom stereocenters. The fraction of sp³-hybridized carbons (Fsp3) is 0.533. The van der Waals surface area contributed by atoms with Gasteiger partial charge in [0.1, 0.15) is 11.4 Å². The summed E-state index contributed by atoms with van der Waals surface area (Å²) in [5, 5.41) is 3.21. The molecule has 0 aliphatic carbocycles. The molecular weight excluding hydrogens is 245 g/mol. The van der Waals surface area contributed by atoms with Gasteiger partial charge in [0.05, 0.1) is 7.11 Å². The molecule has 106 valence electrons. The van der Waals surface area contributed by atoms with Crippen molar-refractivity contribution in [2.75, 3.05) is 12.4 Å². The Labute approximate surface area is 114 Å². The molecule has 0 saturated heterocycles. The van der Waals surface area contributed by atoms with E-state index in [9.17, 15) is 9.18 Å². The molecular formula is C15H22FNO2. The summed E-state index contributed by atoms with van der Waals surface area (Å²) in [6.07, 6.45) is 3.25. The van der Waals surface area contributed by atoms with Crippen LogP contribution in [0.3, 0.4) is 0 Å². The van der Waals surface area contributed by atoms with Crippen LogP contribution in [0.5, 0.6) is 0 Å². The number of esters is 1. The molecule has 1 aromatic carbocycles. The van der Waals surface area contributed by atoms with Crippen molar-refractivity contribution >= 4 is 11.7 Å². The Kier molecular flexibility index (Phi) is 5.80. The smallest absolute Gasteiger partial charge is 0.331 e. The minimum absolute atomic E-state index is 0.271. The molecule has 0 saturated carbocycles. The molecule has 0 heterocycles. The topological polar surface area (TPSA) is 38.3 Å². The SMILES string of the molecule is CCCCC(CC)(Nc1ccc(F)cc1)C(=O)OC. The van der Waals surface area contributed by atoms with Crippen molar-refractivity contribution in [2.24, 2.45) is 0 Å². The van der Waals surface area contributed by atoms with Crippen molar-refractivity contribution in [2.45, 2.75) is 45.1 Å². The van der Waals surface area contributed by atoms with Crippen LogP contribution in [0.25, 0.3) is 0 Å². The summed E-state index contributed by atoms with van der Waals surface area (Å²) in [5.41, 5.74) is -0.00692. The van der Waals surface area contributed by atoms with Gasteiger partial charge in [0.25, 0.3) is 0 Å². The van der Waals surface area contributed by atoms with E-state index >= 15 is 0 Å². The number of hydrogen-bond acceptors (Lipinski definition) is 3. The predicted molar refractivity (Wildman–Crippen MR) is 74.6 cm³/mol. The lowest BCUT2D eigenvalue weighted by atomic mass is 9.89. The zero-order valence-electron chi connectivity index (χ0n) is 11.8. The van der Waals surface area contributed by atoms with E-state index in [-0.39, 0.29) is 11.8 Å². The summed E-state index contributed by atoms with van der Waals surface area (Å²) in [7, 11) is 1.39. The third kappa shape index (κ3) is 3.94. The molecule has 0 radical (unpaired) electrons. The number of ether oxygens (including phenoxy) is 1. The van der Waals surface area contributed by atoms with Gasteiger partial charge in [-0.2, -0.15) is 0 Å². The molecule has 1 atom stereocenters. The third-order valence-electron chi connectivity index (χ3n) is 3.36. The van der Waals surface area contributed by atoms with E-state index in [0.29, 0.717) is 12.8 Å². The molecule has 4 heteroatoms. The maximum absolute atomic E-state index is 12.9. The fourth-order valence-electron chi connectivity index (χ4n) is 2.11. The summed E-state index contributed by atoms with van der Waals surface area (Å²) in [6, 6.07) is 6.02. The number of unbranched alkanes of at least 4 members (excludes halogenated alkanes) is 1. The Hall–Kier alpha value is -1.58. The van der Waals surface area contributed by atoms with Crippen molar-refractivity contribution in [1.82, 2.24) is 0 Å². The third-order valence-corrected chi connectivity index (χ3v) is 3.36. The lowest BCUT2D eigenvalue weighted by molar-refractivity contribution is -0.146. The Morgan fingerprint density at radius 3 is 2.42 bits per heavy atom. The van der Waals surface area contributed by atoms with E-state index in [0.717, 1.165) is 18.5 Å². The van der Waals surface area contributed by atoms with Crippen LogP contribution in [0.15, 0.2) is 24.3 Å².